The van der Waals surface area contributed by atoms with Crippen LogP contribution in [0.5, 0.6) is 0 Å². The normalized spacial score (nSPS) is 10.9. The second kappa shape index (κ2) is 9.34. The molecular formula is C22H24IP. The van der Waals surface area contributed by atoms with E-state index in [0.29, 0.717) is 0 Å². The van der Waals surface area contributed by atoms with E-state index >= 15 is 0 Å². The molecule has 3 rings (SSSR count). The van der Waals surface area contributed by atoms with Gasteiger partial charge in [0, 0.05) is 0 Å². The molecule has 0 amide bonds. The first kappa shape index (κ1) is 19.1. The molecule has 0 spiro atoms. The maximum Gasteiger partial charge on any atom is -0.00295 e. The molecule has 0 fully saturated rings. The molecule has 0 bridgehead atoms. The number of hydrogen-bond acceptors (Lipinski definition) is 0. The summed E-state index contributed by atoms with van der Waals surface area (Å²) in [5.74, 6) is 0. The molecule has 0 saturated carbocycles. The largest absolute Gasteiger partial charge is 0.130 e. The van der Waals surface area contributed by atoms with Crippen molar-refractivity contribution in [1.29, 1.82) is 0 Å². The minimum atomic E-state index is 0. The summed E-state index contributed by atoms with van der Waals surface area (Å²) >= 11 is 0. The van der Waals surface area contributed by atoms with Gasteiger partial charge >= 0.3 is 0 Å². The number of hydrogen-bond donors (Lipinski definition) is 0. The van der Waals surface area contributed by atoms with E-state index in [9.17, 15) is 0 Å². The van der Waals surface area contributed by atoms with Gasteiger partial charge in [0.1, 0.15) is 0 Å². The lowest BCUT2D eigenvalue weighted by Crippen LogP contribution is -2.30. The Morgan fingerprint density at radius 1 is 0.500 bits per heavy atom. The third-order valence-electron chi connectivity index (χ3n) is 4.20. The highest BCUT2D eigenvalue weighted by molar-refractivity contribution is 14.0. The van der Waals surface area contributed by atoms with Gasteiger partial charge in [0.05, 0.1) is 0 Å². The molecule has 0 aromatic heterocycles. The van der Waals surface area contributed by atoms with Crippen LogP contribution in [-0.2, 0) is 19.3 Å². The molecule has 124 valence electrons. The lowest BCUT2D eigenvalue weighted by Gasteiger charge is -2.30. The van der Waals surface area contributed by atoms with E-state index in [1.165, 1.54) is 16.7 Å². The van der Waals surface area contributed by atoms with Crippen LogP contribution in [0.4, 0.5) is 0 Å². The quantitative estimate of drug-likeness (QED) is 0.325. The van der Waals surface area contributed by atoms with Gasteiger partial charge in [0.2, 0.25) is 0 Å². The van der Waals surface area contributed by atoms with Gasteiger partial charge in [-0.25, -0.2) is 0 Å². The molecule has 1 unspecified atom stereocenters. The van der Waals surface area contributed by atoms with E-state index in [0.717, 1.165) is 19.3 Å². The van der Waals surface area contributed by atoms with Gasteiger partial charge in [-0.05, 0) is 41.1 Å². The summed E-state index contributed by atoms with van der Waals surface area (Å²) in [4.78, 5) is 0. The predicted octanol–water partition coefficient (Wildman–Crippen LogP) is 5.95. The standard InChI is InChI=1S/C22H23P.HI/c23-22(16-19-10-4-1-5-11-19,17-20-12-6-2-7-13-20)18-21-14-8-3-9-15-21;/h1-15H,16-18,23H2;1H. The lowest BCUT2D eigenvalue weighted by molar-refractivity contribution is 0.574. The summed E-state index contributed by atoms with van der Waals surface area (Å²) in [5.41, 5.74) is 4.19. The highest BCUT2D eigenvalue weighted by Crippen LogP contribution is 2.32. The van der Waals surface area contributed by atoms with Crippen LogP contribution in [0.2, 0.25) is 0 Å². The second-order valence-corrected chi connectivity index (χ2v) is 7.57. The number of rotatable bonds is 6. The van der Waals surface area contributed by atoms with Crippen molar-refractivity contribution in [2.75, 3.05) is 0 Å². The van der Waals surface area contributed by atoms with Crippen LogP contribution in [-0.4, -0.2) is 5.16 Å². The van der Waals surface area contributed by atoms with E-state index in [1.54, 1.807) is 0 Å². The fourth-order valence-corrected chi connectivity index (χ4v) is 3.90. The molecule has 3 aromatic carbocycles. The van der Waals surface area contributed by atoms with E-state index < -0.39 is 0 Å². The van der Waals surface area contributed by atoms with Crippen molar-refractivity contribution < 1.29 is 0 Å². The summed E-state index contributed by atoms with van der Waals surface area (Å²) in [7, 11) is 3.16. The third-order valence-corrected chi connectivity index (χ3v) is 4.81. The SMILES string of the molecule is I.PC(Cc1ccccc1)(Cc1ccccc1)Cc1ccccc1. The fourth-order valence-electron chi connectivity index (χ4n) is 3.19. The van der Waals surface area contributed by atoms with Gasteiger partial charge < -0.3 is 0 Å². The van der Waals surface area contributed by atoms with Crippen LogP contribution in [0, 0.1) is 0 Å². The summed E-state index contributed by atoms with van der Waals surface area (Å²) in [6.45, 7) is 0. The predicted molar refractivity (Wildman–Crippen MR) is 118 cm³/mol. The van der Waals surface area contributed by atoms with Crippen LogP contribution in [0.15, 0.2) is 91.0 Å². The molecule has 3 aromatic rings. The van der Waals surface area contributed by atoms with Gasteiger partial charge in [-0.1, -0.05) is 91.0 Å². The summed E-state index contributed by atoms with van der Waals surface area (Å²) in [6.07, 6.45) is 3.17. The zero-order valence-electron chi connectivity index (χ0n) is 13.8. The van der Waals surface area contributed by atoms with Crippen molar-refractivity contribution in [2.24, 2.45) is 0 Å². The van der Waals surface area contributed by atoms with Gasteiger partial charge in [-0.3, -0.25) is 0 Å². The Morgan fingerprint density at radius 3 is 1.00 bits per heavy atom. The molecule has 0 heterocycles. The Hall–Kier alpha value is -1.18. The molecule has 0 nitrogen and oxygen atoms in total. The average Bonchev–Trinajstić information content (AvgIpc) is 2.57. The van der Waals surface area contributed by atoms with Crippen LogP contribution in [0.1, 0.15) is 16.7 Å². The monoisotopic (exact) mass is 446 g/mol. The van der Waals surface area contributed by atoms with Crippen molar-refractivity contribution in [1.82, 2.24) is 0 Å². The van der Waals surface area contributed by atoms with E-state index in [4.69, 9.17) is 0 Å². The maximum absolute atomic E-state index is 3.16. The van der Waals surface area contributed by atoms with Gasteiger partial charge in [0.15, 0.2) is 0 Å². The molecule has 2 heteroatoms. The van der Waals surface area contributed by atoms with E-state index in [-0.39, 0.29) is 29.1 Å². The van der Waals surface area contributed by atoms with Crippen molar-refractivity contribution in [3.05, 3.63) is 108 Å². The molecule has 0 aliphatic carbocycles. The molecular weight excluding hydrogens is 422 g/mol. The molecule has 0 aliphatic heterocycles. The number of benzene rings is 3. The van der Waals surface area contributed by atoms with Crippen LogP contribution in [0.25, 0.3) is 0 Å². The lowest BCUT2D eigenvalue weighted by atomic mass is 9.86. The highest BCUT2D eigenvalue weighted by Gasteiger charge is 2.26. The molecule has 0 saturated heterocycles. The van der Waals surface area contributed by atoms with Crippen molar-refractivity contribution in [3.8, 4) is 0 Å². The highest BCUT2D eigenvalue weighted by atomic mass is 127. The van der Waals surface area contributed by atoms with Crippen LogP contribution >= 0.6 is 33.2 Å². The summed E-state index contributed by atoms with van der Waals surface area (Å²) in [5, 5.41) is 0.129. The summed E-state index contributed by atoms with van der Waals surface area (Å²) < 4.78 is 0. The smallest absolute Gasteiger partial charge is 0.00295 e. The van der Waals surface area contributed by atoms with E-state index in [2.05, 4.69) is 100 Å². The van der Waals surface area contributed by atoms with Crippen LogP contribution < -0.4 is 0 Å². The van der Waals surface area contributed by atoms with Crippen molar-refractivity contribution in [3.63, 3.8) is 0 Å². The first-order valence-corrected chi connectivity index (χ1v) is 8.72. The summed E-state index contributed by atoms with van der Waals surface area (Å²) in [6, 6.07) is 32.4. The van der Waals surface area contributed by atoms with Gasteiger partial charge in [0.25, 0.3) is 0 Å². The van der Waals surface area contributed by atoms with Crippen LogP contribution in [0.3, 0.4) is 0 Å². The van der Waals surface area contributed by atoms with E-state index in [1.807, 2.05) is 0 Å². The Bertz CT molecular complexity index is 609. The zero-order chi connectivity index (χ0) is 16.0. The first-order chi connectivity index (χ1) is 11.2. The third kappa shape index (κ3) is 5.72. The Morgan fingerprint density at radius 2 is 0.750 bits per heavy atom. The number of halogens is 1. The fraction of sp³-hybridized carbons (Fsp3) is 0.182. The second-order valence-electron chi connectivity index (χ2n) is 6.35. The molecule has 0 N–H and O–H groups in total. The minimum Gasteiger partial charge on any atom is -0.130 e. The Kier molecular flexibility index (Phi) is 7.45. The Labute approximate surface area is 164 Å². The zero-order valence-corrected chi connectivity index (χ0v) is 17.3. The topological polar surface area (TPSA) is 0 Å². The van der Waals surface area contributed by atoms with Gasteiger partial charge in [-0.15, -0.1) is 33.2 Å². The van der Waals surface area contributed by atoms with Crippen molar-refractivity contribution >= 4 is 33.2 Å². The first-order valence-electron chi connectivity index (χ1n) is 8.14. The Balaban J connectivity index is 0.00000208. The molecule has 0 aliphatic rings. The van der Waals surface area contributed by atoms with Crippen molar-refractivity contribution in [2.45, 2.75) is 24.4 Å². The maximum atomic E-state index is 3.16. The molecule has 1 atom stereocenters. The minimum absolute atomic E-state index is 0. The average molecular weight is 446 g/mol. The van der Waals surface area contributed by atoms with Gasteiger partial charge in [-0.2, -0.15) is 0 Å². The molecule has 24 heavy (non-hydrogen) atoms. The molecule has 0 radical (unpaired) electrons.